The van der Waals surface area contributed by atoms with E-state index in [1.165, 1.54) is 18.2 Å². The summed E-state index contributed by atoms with van der Waals surface area (Å²) in [5, 5.41) is 3.29. The Morgan fingerprint density at radius 2 is 1.85 bits per heavy atom. The molecule has 0 bridgehead atoms. The molecule has 1 fully saturated rings. The van der Waals surface area contributed by atoms with Gasteiger partial charge in [0.25, 0.3) is 5.91 Å². The van der Waals surface area contributed by atoms with Gasteiger partial charge in [-0.3, -0.25) is 9.59 Å². The lowest BCUT2D eigenvalue weighted by Crippen LogP contribution is -2.29. The molecule has 136 valence electrons. The van der Waals surface area contributed by atoms with Gasteiger partial charge >= 0.3 is 0 Å². The summed E-state index contributed by atoms with van der Waals surface area (Å²) in [4.78, 5) is 24.2. The molecule has 2 aromatic rings. The van der Waals surface area contributed by atoms with E-state index in [4.69, 9.17) is 23.2 Å². The van der Waals surface area contributed by atoms with Crippen molar-refractivity contribution in [3.8, 4) is 0 Å². The minimum atomic E-state index is -3.68. The molecule has 0 atom stereocenters. The number of carbonyl (C=O) groups is 2. The van der Waals surface area contributed by atoms with Gasteiger partial charge in [-0.2, -0.15) is 0 Å². The first-order valence-corrected chi connectivity index (χ1v) is 10.0. The SMILES string of the molecule is O=C(NCc1ccccc1Cl)c1ccc(N2C(=O)CCS2(=O)=O)cc1Cl. The maximum atomic E-state index is 12.3. The van der Waals surface area contributed by atoms with Crippen LogP contribution in [-0.2, 0) is 21.4 Å². The van der Waals surface area contributed by atoms with Gasteiger partial charge in [0.1, 0.15) is 0 Å². The molecular formula is C17H14Cl2N2O4S. The molecule has 0 saturated carbocycles. The largest absolute Gasteiger partial charge is 0.348 e. The van der Waals surface area contributed by atoms with Crippen LogP contribution in [0.15, 0.2) is 42.5 Å². The van der Waals surface area contributed by atoms with Crippen molar-refractivity contribution in [1.82, 2.24) is 5.32 Å². The average molecular weight is 413 g/mol. The number of nitrogens with zero attached hydrogens (tertiary/aromatic N) is 1. The third-order valence-electron chi connectivity index (χ3n) is 3.91. The number of benzene rings is 2. The van der Waals surface area contributed by atoms with Crippen LogP contribution in [0.5, 0.6) is 0 Å². The molecule has 0 unspecified atom stereocenters. The smallest absolute Gasteiger partial charge is 0.253 e. The van der Waals surface area contributed by atoms with Crippen LogP contribution in [0.1, 0.15) is 22.3 Å². The molecule has 2 amide bonds. The highest BCUT2D eigenvalue weighted by Gasteiger charge is 2.36. The minimum Gasteiger partial charge on any atom is -0.348 e. The van der Waals surface area contributed by atoms with Crippen molar-refractivity contribution in [2.24, 2.45) is 0 Å². The van der Waals surface area contributed by atoms with Crippen LogP contribution >= 0.6 is 23.2 Å². The Hall–Kier alpha value is -2.09. The van der Waals surface area contributed by atoms with Crippen LogP contribution in [0.4, 0.5) is 5.69 Å². The molecule has 1 heterocycles. The second-order valence-corrected chi connectivity index (χ2v) is 8.41. The summed E-state index contributed by atoms with van der Waals surface area (Å²) in [6.45, 7) is 0.218. The first-order chi connectivity index (χ1) is 12.3. The molecule has 1 aliphatic rings. The summed E-state index contributed by atoms with van der Waals surface area (Å²) in [5.41, 5.74) is 1.05. The molecule has 6 nitrogen and oxygen atoms in total. The van der Waals surface area contributed by atoms with Gasteiger partial charge in [0.05, 0.1) is 22.0 Å². The number of hydrogen-bond acceptors (Lipinski definition) is 4. The van der Waals surface area contributed by atoms with Gasteiger partial charge in [-0.1, -0.05) is 41.4 Å². The number of amides is 2. The molecule has 26 heavy (non-hydrogen) atoms. The molecular weight excluding hydrogens is 399 g/mol. The van der Waals surface area contributed by atoms with Crippen LogP contribution in [0.25, 0.3) is 0 Å². The van der Waals surface area contributed by atoms with Crippen molar-refractivity contribution < 1.29 is 18.0 Å². The molecule has 1 saturated heterocycles. The normalized spacial score (nSPS) is 15.9. The number of anilines is 1. The number of rotatable bonds is 4. The highest BCUT2D eigenvalue weighted by atomic mass is 35.5. The molecule has 2 aromatic carbocycles. The van der Waals surface area contributed by atoms with Crippen molar-refractivity contribution >= 4 is 50.7 Å². The van der Waals surface area contributed by atoms with E-state index in [1.807, 2.05) is 6.07 Å². The predicted molar refractivity (Wildman–Crippen MR) is 100.0 cm³/mol. The van der Waals surface area contributed by atoms with Gasteiger partial charge in [-0.05, 0) is 29.8 Å². The topological polar surface area (TPSA) is 83.6 Å². The van der Waals surface area contributed by atoms with E-state index in [-0.39, 0.29) is 35.0 Å². The minimum absolute atomic E-state index is 0.0501. The maximum absolute atomic E-state index is 12.3. The zero-order valence-corrected chi connectivity index (χ0v) is 15.7. The number of sulfonamides is 1. The molecule has 3 rings (SSSR count). The molecule has 0 spiro atoms. The van der Waals surface area contributed by atoms with E-state index in [0.717, 1.165) is 9.87 Å². The Morgan fingerprint density at radius 1 is 1.12 bits per heavy atom. The quantitative estimate of drug-likeness (QED) is 0.836. The van der Waals surface area contributed by atoms with Crippen LogP contribution in [-0.4, -0.2) is 26.0 Å². The van der Waals surface area contributed by atoms with E-state index >= 15 is 0 Å². The van der Waals surface area contributed by atoms with Crippen molar-refractivity contribution in [2.45, 2.75) is 13.0 Å². The van der Waals surface area contributed by atoms with Crippen molar-refractivity contribution in [3.63, 3.8) is 0 Å². The zero-order valence-electron chi connectivity index (χ0n) is 13.4. The summed E-state index contributed by atoms with van der Waals surface area (Å²) in [7, 11) is -3.68. The average Bonchev–Trinajstić information content (AvgIpc) is 2.86. The van der Waals surface area contributed by atoms with E-state index in [0.29, 0.717) is 5.02 Å². The lowest BCUT2D eigenvalue weighted by atomic mass is 10.1. The lowest BCUT2D eigenvalue weighted by molar-refractivity contribution is -0.116. The molecule has 0 aliphatic carbocycles. The first kappa shape index (κ1) is 18.7. The monoisotopic (exact) mass is 412 g/mol. The number of nitrogens with one attached hydrogen (secondary N) is 1. The Kier molecular flexibility index (Phi) is 5.22. The van der Waals surface area contributed by atoms with Gasteiger partial charge < -0.3 is 5.32 Å². The second kappa shape index (κ2) is 7.26. The maximum Gasteiger partial charge on any atom is 0.253 e. The van der Waals surface area contributed by atoms with E-state index < -0.39 is 21.8 Å². The van der Waals surface area contributed by atoms with Crippen molar-refractivity contribution in [3.05, 3.63) is 63.6 Å². The molecule has 9 heteroatoms. The van der Waals surface area contributed by atoms with Crippen LogP contribution in [0, 0.1) is 0 Å². The zero-order chi connectivity index (χ0) is 18.9. The van der Waals surface area contributed by atoms with E-state index in [2.05, 4.69) is 5.32 Å². The Bertz CT molecular complexity index is 992. The lowest BCUT2D eigenvalue weighted by Gasteiger charge is -2.16. The summed E-state index contributed by atoms with van der Waals surface area (Å²) >= 11 is 12.2. The number of halogens is 2. The summed E-state index contributed by atoms with van der Waals surface area (Å²) in [6.07, 6.45) is -0.0694. The number of hydrogen-bond donors (Lipinski definition) is 1. The Labute approximate surface area is 160 Å². The van der Waals surface area contributed by atoms with Crippen LogP contribution < -0.4 is 9.62 Å². The van der Waals surface area contributed by atoms with Crippen LogP contribution in [0.3, 0.4) is 0 Å². The molecule has 1 aliphatic heterocycles. The summed E-state index contributed by atoms with van der Waals surface area (Å²) in [6, 6.07) is 11.2. The fraction of sp³-hybridized carbons (Fsp3) is 0.176. The van der Waals surface area contributed by atoms with Gasteiger partial charge in [-0.25, -0.2) is 12.7 Å². The first-order valence-electron chi connectivity index (χ1n) is 7.66. The summed E-state index contributed by atoms with van der Waals surface area (Å²) < 4.78 is 24.7. The number of carbonyl (C=O) groups excluding carboxylic acids is 2. The summed E-state index contributed by atoms with van der Waals surface area (Å²) in [5.74, 6) is -1.18. The Morgan fingerprint density at radius 3 is 2.46 bits per heavy atom. The fourth-order valence-corrected chi connectivity index (χ4v) is 4.51. The third-order valence-corrected chi connectivity index (χ3v) is 6.28. The van der Waals surface area contributed by atoms with E-state index in [1.54, 1.807) is 18.2 Å². The molecule has 1 N–H and O–H groups in total. The van der Waals surface area contributed by atoms with Gasteiger partial charge in [0.15, 0.2) is 0 Å². The van der Waals surface area contributed by atoms with Crippen molar-refractivity contribution in [1.29, 1.82) is 0 Å². The molecule has 0 aromatic heterocycles. The van der Waals surface area contributed by atoms with E-state index in [9.17, 15) is 18.0 Å². The second-order valence-electron chi connectivity index (χ2n) is 5.66. The van der Waals surface area contributed by atoms with Crippen LogP contribution in [0.2, 0.25) is 10.0 Å². The Balaban J connectivity index is 1.78. The molecule has 0 radical (unpaired) electrons. The van der Waals surface area contributed by atoms with Crippen molar-refractivity contribution in [2.75, 3.05) is 10.1 Å². The van der Waals surface area contributed by atoms with Gasteiger partial charge in [0, 0.05) is 18.0 Å². The third kappa shape index (κ3) is 3.70. The highest BCUT2D eigenvalue weighted by molar-refractivity contribution is 7.94. The van der Waals surface area contributed by atoms with Gasteiger partial charge in [-0.15, -0.1) is 0 Å². The highest BCUT2D eigenvalue weighted by Crippen LogP contribution is 2.29. The standard InChI is InChI=1S/C17H14Cl2N2O4S/c18-14-4-2-1-3-11(14)10-20-17(23)13-6-5-12(9-15(13)19)21-16(22)7-8-26(21,24)25/h1-6,9H,7-8,10H2,(H,20,23). The fourth-order valence-electron chi connectivity index (χ4n) is 2.60. The van der Waals surface area contributed by atoms with Gasteiger partial charge in [0.2, 0.25) is 15.9 Å². The predicted octanol–water partition coefficient (Wildman–Crippen LogP) is 2.99.